The van der Waals surface area contributed by atoms with Crippen LogP contribution in [0.3, 0.4) is 0 Å². The number of hydrogen-bond acceptors (Lipinski definition) is 3. The molecule has 1 fully saturated rings. The highest BCUT2D eigenvalue weighted by Crippen LogP contribution is 2.60. The van der Waals surface area contributed by atoms with Crippen molar-refractivity contribution in [2.75, 3.05) is 11.9 Å². The maximum atomic E-state index is 6.65. The highest BCUT2D eigenvalue weighted by atomic mass is 16.5. The van der Waals surface area contributed by atoms with Crippen LogP contribution >= 0.6 is 0 Å². The molecule has 29 heavy (non-hydrogen) atoms. The molecule has 1 aliphatic carbocycles. The predicted octanol–water partition coefficient (Wildman–Crippen LogP) is 6.00. The van der Waals surface area contributed by atoms with Crippen molar-refractivity contribution < 1.29 is 9.15 Å². The van der Waals surface area contributed by atoms with E-state index in [9.17, 15) is 0 Å². The van der Waals surface area contributed by atoms with Crippen molar-refractivity contribution in [1.29, 1.82) is 0 Å². The van der Waals surface area contributed by atoms with Crippen LogP contribution < -0.4 is 9.64 Å². The van der Waals surface area contributed by atoms with Gasteiger partial charge < -0.3 is 14.1 Å². The first-order valence-corrected chi connectivity index (χ1v) is 10.6. The molecule has 3 heteroatoms. The fraction of sp³-hybridized carbons (Fsp3) is 0.308. The Morgan fingerprint density at radius 2 is 1.79 bits per heavy atom. The van der Waals surface area contributed by atoms with Gasteiger partial charge in [0.05, 0.1) is 5.69 Å². The van der Waals surface area contributed by atoms with Gasteiger partial charge in [0.2, 0.25) is 0 Å². The van der Waals surface area contributed by atoms with Crippen LogP contribution in [0.5, 0.6) is 5.75 Å². The summed E-state index contributed by atoms with van der Waals surface area (Å²) in [6.45, 7) is 2.40. The third-order valence-electron chi connectivity index (χ3n) is 7.85. The Morgan fingerprint density at radius 1 is 0.966 bits per heavy atom. The molecule has 7 rings (SSSR count). The third-order valence-corrected chi connectivity index (χ3v) is 7.85. The van der Waals surface area contributed by atoms with E-state index >= 15 is 0 Å². The second-order valence-corrected chi connectivity index (χ2v) is 9.17. The van der Waals surface area contributed by atoms with E-state index in [1.807, 2.05) is 6.07 Å². The van der Waals surface area contributed by atoms with Gasteiger partial charge in [0.15, 0.2) is 5.58 Å². The molecule has 4 unspecified atom stereocenters. The molecule has 0 amide bonds. The van der Waals surface area contributed by atoms with E-state index in [0.29, 0.717) is 12.0 Å². The van der Waals surface area contributed by atoms with Gasteiger partial charge in [-0.1, -0.05) is 55.5 Å². The van der Waals surface area contributed by atoms with Crippen LogP contribution in [0.4, 0.5) is 5.69 Å². The Morgan fingerprint density at radius 3 is 2.72 bits per heavy atom. The Labute approximate surface area is 169 Å². The van der Waals surface area contributed by atoms with Gasteiger partial charge in [0, 0.05) is 40.8 Å². The lowest BCUT2D eigenvalue weighted by atomic mass is 9.63. The second kappa shape index (κ2) is 5.15. The lowest BCUT2D eigenvalue weighted by Crippen LogP contribution is -2.50. The maximum absolute atomic E-state index is 6.65. The number of fused-ring (bicyclic) bond motifs is 11. The lowest BCUT2D eigenvalue weighted by molar-refractivity contribution is 0.0805. The number of nitrogens with zero attached hydrogens (tertiary/aromatic N) is 1. The number of hydrogen-bond donors (Lipinski definition) is 0. The van der Waals surface area contributed by atoms with E-state index in [4.69, 9.17) is 9.15 Å². The highest BCUT2D eigenvalue weighted by Gasteiger charge is 2.58. The van der Waals surface area contributed by atoms with E-state index in [1.165, 1.54) is 34.0 Å². The van der Waals surface area contributed by atoms with E-state index < -0.39 is 0 Å². The molecule has 0 saturated heterocycles. The van der Waals surface area contributed by atoms with Gasteiger partial charge in [-0.2, -0.15) is 0 Å². The zero-order chi connectivity index (χ0) is 19.3. The van der Waals surface area contributed by atoms with Crippen molar-refractivity contribution in [3.63, 3.8) is 0 Å². The number of rotatable bonds is 0. The SMILES string of the molecule is CN1c2c(ccc3c2oc2ccccc23)C2C1CCC1(C)c3ccccc3OC21. The largest absolute Gasteiger partial charge is 0.488 e. The number of furan rings is 1. The molecule has 1 aromatic heterocycles. The predicted molar refractivity (Wildman–Crippen MR) is 116 cm³/mol. The van der Waals surface area contributed by atoms with Crippen molar-refractivity contribution in [3.8, 4) is 5.75 Å². The Bertz CT molecular complexity index is 1300. The lowest BCUT2D eigenvalue weighted by Gasteiger charge is -2.43. The quantitative estimate of drug-likeness (QED) is 0.373. The smallest absolute Gasteiger partial charge is 0.158 e. The van der Waals surface area contributed by atoms with Crippen LogP contribution in [-0.2, 0) is 5.41 Å². The third kappa shape index (κ3) is 1.80. The summed E-state index contributed by atoms with van der Waals surface area (Å²) in [6, 6.07) is 22.0. The van der Waals surface area contributed by atoms with Gasteiger partial charge in [0.25, 0.3) is 0 Å². The van der Waals surface area contributed by atoms with Gasteiger partial charge in [-0.05, 0) is 30.5 Å². The first kappa shape index (κ1) is 15.9. The van der Waals surface area contributed by atoms with E-state index in [0.717, 1.165) is 23.3 Å². The molecule has 3 nitrogen and oxygen atoms in total. The molecule has 2 aliphatic heterocycles. The summed E-state index contributed by atoms with van der Waals surface area (Å²) in [5, 5.41) is 2.41. The fourth-order valence-corrected chi connectivity index (χ4v) is 6.43. The normalized spacial score (nSPS) is 29.4. The summed E-state index contributed by atoms with van der Waals surface area (Å²) >= 11 is 0. The Hall–Kier alpha value is -2.94. The van der Waals surface area contributed by atoms with Crippen molar-refractivity contribution >= 4 is 27.6 Å². The number of anilines is 1. The monoisotopic (exact) mass is 381 g/mol. The molecule has 3 heterocycles. The van der Waals surface area contributed by atoms with Crippen molar-refractivity contribution in [1.82, 2.24) is 0 Å². The zero-order valence-corrected chi connectivity index (χ0v) is 16.7. The molecule has 0 bridgehead atoms. The topological polar surface area (TPSA) is 25.6 Å². The Kier molecular flexibility index (Phi) is 2.83. The van der Waals surface area contributed by atoms with Crippen LogP contribution in [-0.4, -0.2) is 19.2 Å². The van der Waals surface area contributed by atoms with Crippen molar-refractivity contribution in [3.05, 3.63) is 71.8 Å². The highest BCUT2D eigenvalue weighted by molar-refractivity contribution is 6.10. The fourth-order valence-electron chi connectivity index (χ4n) is 6.43. The molecule has 4 atom stereocenters. The van der Waals surface area contributed by atoms with Gasteiger partial charge in [0.1, 0.15) is 17.4 Å². The first-order valence-electron chi connectivity index (χ1n) is 10.6. The summed E-state index contributed by atoms with van der Waals surface area (Å²) in [5.41, 5.74) is 6.09. The van der Waals surface area contributed by atoms with E-state index in [1.54, 1.807) is 0 Å². The minimum atomic E-state index is 0.0725. The van der Waals surface area contributed by atoms with Crippen LogP contribution in [0.15, 0.2) is 65.1 Å². The van der Waals surface area contributed by atoms with E-state index in [-0.39, 0.29) is 11.5 Å². The molecular formula is C26H23NO2. The molecular weight excluding hydrogens is 358 g/mol. The number of para-hydroxylation sites is 2. The van der Waals surface area contributed by atoms with Crippen LogP contribution in [0, 0.1) is 0 Å². The molecule has 1 saturated carbocycles. The van der Waals surface area contributed by atoms with Gasteiger partial charge in [-0.25, -0.2) is 0 Å². The summed E-state index contributed by atoms with van der Waals surface area (Å²) in [7, 11) is 2.24. The van der Waals surface area contributed by atoms with Crippen molar-refractivity contribution in [2.24, 2.45) is 0 Å². The first-order chi connectivity index (χ1) is 14.2. The van der Waals surface area contributed by atoms with Gasteiger partial charge >= 0.3 is 0 Å². The second-order valence-electron chi connectivity index (χ2n) is 9.17. The van der Waals surface area contributed by atoms with Gasteiger partial charge in [-0.3, -0.25) is 0 Å². The standard InChI is InChI=1S/C26H23NO2/c1-26-14-13-19-22(25(26)29-21-10-6-4-8-18(21)26)17-12-11-16-15-7-3-5-9-20(15)28-24(16)23(17)27(19)2/h3-12,19,22,25H,13-14H2,1-2H3. The summed E-state index contributed by atoms with van der Waals surface area (Å²) in [6.07, 6.45) is 2.49. The summed E-state index contributed by atoms with van der Waals surface area (Å²) in [4.78, 5) is 2.47. The molecule has 144 valence electrons. The molecule has 0 spiro atoms. The minimum absolute atomic E-state index is 0.0725. The summed E-state index contributed by atoms with van der Waals surface area (Å²) < 4.78 is 13.0. The van der Waals surface area contributed by atoms with Crippen molar-refractivity contribution in [2.45, 2.75) is 43.2 Å². The molecule has 4 aromatic rings. The van der Waals surface area contributed by atoms with Crippen LogP contribution in [0.25, 0.3) is 21.9 Å². The summed E-state index contributed by atoms with van der Waals surface area (Å²) in [5.74, 6) is 1.43. The number of ether oxygens (including phenoxy) is 1. The number of likely N-dealkylation sites (N-methyl/N-ethyl adjacent to an activating group) is 1. The minimum Gasteiger partial charge on any atom is -0.488 e. The molecule has 0 N–H and O–H groups in total. The van der Waals surface area contributed by atoms with Gasteiger partial charge in [-0.15, -0.1) is 0 Å². The van der Waals surface area contributed by atoms with Crippen LogP contribution in [0.1, 0.15) is 36.8 Å². The van der Waals surface area contributed by atoms with E-state index in [2.05, 4.69) is 73.5 Å². The average molecular weight is 381 g/mol. The molecule has 3 aromatic carbocycles. The average Bonchev–Trinajstić information content (AvgIpc) is 3.36. The maximum Gasteiger partial charge on any atom is 0.158 e. The molecule has 0 radical (unpaired) electrons. The van der Waals surface area contributed by atoms with Crippen LogP contribution in [0.2, 0.25) is 0 Å². The number of benzene rings is 3. The zero-order valence-electron chi connectivity index (χ0n) is 16.7. The Balaban J connectivity index is 1.46. The molecule has 3 aliphatic rings.